The van der Waals surface area contributed by atoms with E-state index in [0.29, 0.717) is 6.04 Å². The molecular formula is C8H13N. The molecule has 1 saturated carbocycles. The van der Waals surface area contributed by atoms with Crippen LogP contribution in [-0.2, 0) is 0 Å². The Hall–Kier alpha value is -0.300. The maximum absolute atomic E-state index is 5.71. The van der Waals surface area contributed by atoms with Gasteiger partial charge in [-0.25, -0.2) is 0 Å². The third-order valence-electron chi connectivity index (χ3n) is 2.30. The van der Waals surface area contributed by atoms with Crippen LogP contribution in [0.5, 0.6) is 0 Å². The van der Waals surface area contributed by atoms with E-state index in [0.717, 1.165) is 5.92 Å². The van der Waals surface area contributed by atoms with Crippen LogP contribution in [0.3, 0.4) is 0 Å². The average molecular weight is 123 g/mol. The third-order valence-corrected chi connectivity index (χ3v) is 2.30. The predicted octanol–water partition coefficient (Wildman–Crippen LogP) is 1.44. The van der Waals surface area contributed by atoms with Gasteiger partial charge in [0.15, 0.2) is 0 Å². The first-order valence-electron chi connectivity index (χ1n) is 3.82. The molecule has 0 saturated heterocycles. The van der Waals surface area contributed by atoms with Crippen LogP contribution in [-0.4, -0.2) is 6.04 Å². The standard InChI is InChI=1S/C8H13N/c9-8-4-3-7(5-8)6-1-2-6/h5-6,8H,1-4,9H2. The van der Waals surface area contributed by atoms with Gasteiger partial charge in [0, 0.05) is 6.04 Å². The van der Waals surface area contributed by atoms with Crippen molar-refractivity contribution in [3.8, 4) is 0 Å². The molecule has 0 amide bonds. The summed E-state index contributed by atoms with van der Waals surface area (Å²) in [6.07, 6.45) is 7.62. The fraction of sp³-hybridized carbons (Fsp3) is 0.750. The molecule has 0 aromatic rings. The molecule has 9 heavy (non-hydrogen) atoms. The molecule has 0 spiro atoms. The maximum atomic E-state index is 5.71. The van der Waals surface area contributed by atoms with Gasteiger partial charge in [-0.1, -0.05) is 11.6 Å². The highest BCUT2D eigenvalue weighted by molar-refractivity contribution is 5.19. The molecule has 1 nitrogen and oxygen atoms in total. The molecule has 0 radical (unpaired) electrons. The van der Waals surface area contributed by atoms with Gasteiger partial charge in [0.25, 0.3) is 0 Å². The highest BCUT2D eigenvalue weighted by Gasteiger charge is 2.28. The Morgan fingerprint density at radius 1 is 1.33 bits per heavy atom. The van der Waals surface area contributed by atoms with Gasteiger partial charge in [0.1, 0.15) is 0 Å². The van der Waals surface area contributed by atoms with E-state index >= 15 is 0 Å². The lowest BCUT2D eigenvalue weighted by Gasteiger charge is -1.91. The summed E-state index contributed by atoms with van der Waals surface area (Å²) in [6.45, 7) is 0. The second-order valence-electron chi connectivity index (χ2n) is 3.22. The third kappa shape index (κ3) is 1.01. The molecule has 1 fully saturated rings. The topological polar surface area (TPSA) is 26.0 Å². The van der Waals surface area contributed by atoms with Crippen molar-refractivity contribution in [3.05, 3.63) is 11.6 Å². The molecule has 0 heterocycles. The van der Waals surface area contributed by atoms with E-state index in [-0.39, 0.29) is 0 Å². The number of rotatable bonds is 1. The zero-order chi connectivity index (χ0) is 6.27. The summed E-state index contributed by atoms with van der Waals surface area (Å²) in [5.74, 6) is 0.957. The first kappa shape index (κ1) is 5.48. The Morgan fingerprint density at radius 2 is 2.11 bits per heavy atom. The highest BCUT2D eigenvalue weighted by atomic mass is 14.6. The highest BCUT2D eigenvalue weighted by Crippen LogP contribution is 2.41. The van der Waals surface area contributed by atoms with Gasteiger partial charge in [-0.2, -0.15) is 0 Å². The SMILES string of the molecule is NC1C=C(C2CC2)CC1. The van der Waals surface area contributed by atoms with Gasteiger partial charge in [-0.15, -0.1) is 0 Å². The zero-order valence-electron chi connectivity index (χ0n) is 5.64. The van der Waals surface area contributed by atoms with Gasteiger partial charge < -0.3 is 5.73 Å². The minimum atomic E-state index is 0.389. The lowest BCUT2D eigenvalue weighted by molar-refractivity contribution is 0.762. The lowest BCUT2D eigenvalue weighted by atomic mass is 10.1. The van der Waals surface area contributed by atoms with E-state index in [2.05, 4.69) is 6.08 Å². The van der Waals surface area contributed by atoms with E-state index in [1.165, 1.54) is 25.7 Å². The van der Waals surface area contributed by atoms with Crippen molar-refractivity contribution in [2.45, 2.75) is 31.7 Å². The molecule has 2 aliphatic carbocycles. The molecule has 0 aliphatic heterocycles. The Morgan fingerprint density at radius 3 is 2.56 bits per heavy atom. The molecule has 0 aromatic heterocycles. The molecular weight excluding hydrogens is 110 g/mol. The largest absolute Gasteiger partial charge is 0.324 e. The summed E-state index contributed by atoms with van der Waals surface area (Å²) in [7, 11) is 0. The summed E-state index contributed by atoms with van der Waals surface area (Å²) >= 11 is 0. The quantitative estimate of drug-likeness (QED) is 0.525. The molecule has 0 aromatic carbocycles. The fourth-order valence-corrected chi connectivity index (χ4v) is 1.57. The molecule has 50 valence electrons. The summed E-state index contributed by atoms with van der Waals surface area (Å²) in [5, 5.41) is 0. The van der Waals surface area contributed by atoms with Crippen molar-refractivity contribution < 1.29 is 0 Å². The van der Waals surface area contributed by atoms with Crippen molar-refractivity contribution in [1.29, 1.82) is 0 Å². The molecule has 0 bridgehead atoms. The fourth-order valence-electron chi connectivity index (χ4n) is 1.57. The molecule has 2 N–H and O–H groups in total. The molecule has 1 heteroatoms. The predicted molar refractivity (Wildman–Crippen MR) is 38.0 cm³/mol. The Balaban J connectivity index is 2.03. The van der Waals surface area contributed by atoms with E-state index in [1.807, 2.05) is 0 Å². The van der Waals surface area contributed by atoms with Crippen molar-refractivity contribution in [2.75, 3.05) is 0 Å². The summed E-state index contributed by atoms with van der Waals surface area (Å²) in [4.78, 5) is 0. The van der Waals surface area contributed by atoms with Crippen molar-refractivity contribution in [2.24, 2.45) is 11.7 Å². The van der Waals surface area contributed by atoms with Crippen LogP contribution in [0.2, 0.25) is 0 Å². The van der Waals surface area contributed by atoms with Gasteiger partial charge in [-0.05, 0) is 31.6 Å². The van der Waals surface area contributed by atoms with Crippen LogP contribution in [0.4, 0.5) is 0 Å². The van der Waals surface area contributed by atoms with Crippen LogP contribution in [0.15, 0.2) is 11.6 Å². The normalized spacial score (nSPS) is 34.8. The smallest absolute Gasteiger partial charge is 0.0229 e. The van der Waals surface area contributed by atoms with Crippen LogP contribution in [0.1, 0.15) is 25.7 Å². The molecule has 1 atom stereocenters. The maximum Gasteiger partial charge on any atom is 0.0229 e. The van der Waals surface area contributed by atoms with E-state index in [1.54, 1.807) is 5.57 Å². The van der Waals surface area contributed by atoms with Crippen LogP contribution < -0.4 is 5.73 Å². The first-order chi connectivity index (χ1) is 4.36. The zero-order valence-corrected chi connectivity index (χ0v) is 5.64. The minimum absolute atomic E-state index is 0.389. The molecule has 2 rings (SSSR count). The second-order valence-corrected chi connectivity index (χ2v) is 3.22. The monoisotopic (exact) mass is 123 g/mol. The summed E-state index contributed by atoms with van der Waals surface area (Å²) in [5.41, 5.74) is 7.37. The van der Waals surface area contributed by atoms with Crippen LogP contribution >= 0.6 is 0 Å². The van der Waals surface area contributed by atoms with E-state index in [4.69, 9.17) is 5.73 Å². The van der Waals surface area contributed by atoms with Gasteiger partial charge >= 0.3 is 0 Å². The van der Waals surface area contributed by atoms with Gasteiger partial charge in [-0.3, -0.25) is 0 Å². The summed E-state index contributed by atoms with van der Waals surface area (Å²) < 4.78 is 0. The van der Waals surface area contributed by atoms with Gasteiger partial charge in [0.05, 0.1) is 0 Å². The lowest BCUT2D eigenvalue weighted by Crippen LogP contribution is -2.11. The number of hydrogen-bond acceptors (Lipinski definition) is 1. The number of nitrogens with two attached hydrogens (primary N) is 1. The van der Waals surface area contributed by atoms with Crippen molar-refractivity contribution >= 4 is 0 Å². The summed E-state index contributed by atoms with van der Waals surface area (Å²) in [6, 6.07) is 0.389. The second kappa shape index (κ2) is 1.84. The minimum Gasteiger partial charge on any atom is -0.324 e. The first-order valence-corrected chi connectivity index (χ1v) is 3.82. The van der Waals surface area contributed by atoms with Gasteiger partial charge in [0.2, 0.25) is 0 Å². The molecule has 1 unspecified atom stereocenters. The van der Waals surface area contributed by atoms with Crippen LogP contribution in [0, 0.1) is 5.92 Å². The average Bonchev–Trinajstić information content (AvgIpc) is 2.58. The van der Waals surface area contributed by atoms with Crippen molar-refractivity contribution in [1.82, 2.24) is 0 Å². The number of allylic oxidation sites excluding steroid dienone is 1. The Bertz CT molecular complexity index is 145. The van der Waals surface area contributed by atoms with Crippen LogP contribution in [0.25, 0.3) is 0 Å². The number of hydrogen-bond donors (Lipinski definition) is 1. The Labute approximate surface area is 55.9 Å². The van der Waals surface area contributed by atoms with E-state index in [9.17, 15) is 0 Å². The van der Waals surface area contributed by atoms with E-state index < -0.39 is 0 Å². The Kier molecular flexibility index (Phi) is 1.12. The van der Waals surface area contributed by atoms with Crippen molar-refractivity contribution in [3.63, 3.8) is 0 Å². The molecule has 2 aliphatic rings.